The monoisotopic (exact) mass is 431 g/mol. The molecule has 0 aliphatic rings. The lowest BCUT2D eigenvalue weighted by atomic mass is 10.2. The van der Waals surface area contributed by atoms with Crippen LogP contribution >= 0.6 is 34.4 Å². The molecule has 0 fully saturated rings. The van der Waals surface area contributed by atoms with E-state index < -0.39 is 0 Å². The third kappa shape index (κ3) is 4.70. The number of nitrogens with zero attached hydrogens (tertiary/aromatic N) is 4. The Bertz CT molecular complexity index is 1020. The number of hydrogen-bond acceptors (Lipinski definition) is 10. The van der Waals surface area contributed by atoms with Gasteiger partial charge in [0.1, 0.15) is 5.75 Å². The number of ether oxygens (including phenoxy) is 1. The van der Waals surface area contributed by atoms with Crippen molar-refractivity contribution in [3.05, 3.63) is 52.5 Å². The molecule has 4 aromatic rings. The summed E-state index contributed by atoms with van der Waals surface area (Å²) < 4.78 is 11.6. The highest BCUT2D eigenvalue weighted by Gasteiger charge is 2.14. The summed E-state index contributed by atoms with van der Waals surface area (Å²) in [6, 6.07) is 11.8. The van der Waals surface area contributed by atoms with Gasteiger partial charge in [0.25, 0.3) is 0 Å². The van der Waals surface area contributed by atoms with Crippen molar-refractivity contribution in [1.82, 2.24) is 20.3 Å². The standard InChI is InChI=1S/C18H17N5O2S3/c1-24-14-7-3-2-6-13(14)16-20-15(25-23-16)11-27-18-22-21-17(28-18)19-9-8-12-5-4-10-26-12/h2-7,10H,8-9,11H2,1H3,(H,19,21). The molecule has 0 radical (unpaired) electrons. The van der Waals surface area contributed by atoms with Crippen molar-refractivity contribution in [2.24, 2.45) is 0 Å². The maximum atomic E-state index is 5.36. The molecule has 0 spiro atoms. The maximum absolute atomic E-state index is 5.36. The Morgan fingerprint density at radius 3 is 2.96 bits per heavy atom. The molecule has 28 heavy (non-hydrogen) atoms. The number of rotatable bonds is 9. The second-order valence-corrected chi connectivity index (χ2v) is 8.86. The topological polar surface area (TPSA) is 86.0 Å². The number of thioether (sulfide) groups is 1. The van der Waals surface area contributed by atoms with Gasteiger partial charge in [0.05, 0.1) is 18.4 Å². The van der Waals surface area contributed by atoms with E-state index in [2.05, 4.69) is 43.2 Å². The Morgan fingerprint density at radius 2 is 2.11 bits per heavy atom. The average Bonchev–Trinajstić information content (AvgIpc) is 3.48. The first kappa shape index (κ1) is 18.9. The summed E-state index contributed by atoms with van der Waals surface area (Å²) >= 11 is 4.81. The van der Waals surface area contributed by atoms with Gasteiger partial charge < -0.3 is 14.6 Å². The molecule has 0 atom stereocenters. The van der Waals surface area contributed by atoms with Gasteiger partial charge >= 0.3 is 0 Å². The molecule has 0 amide bonds. The van der Waals surface area contributed by atoms with Crippen LogP contribution in [0.2, 0.25) is 0 Å². The van der Waals surface area contributed by atoms with Crippen LogP contribution in [0.15, 0.2) is 50.6 Å². The van der Waals surface area contributed by atoms with E-state index in [9.17, 15) is 0 Å². The number of nitrogens with one attached hydrogen (secondary N) is 1. The van der Waals surface area contributed by atoms with Gasteiger partial charge in [-0.2, -0.15) is 4.98 Å². The lowest BCUT2D eigenvalue weighted by molar-refractivity contribution is 0.390. The molecule has 0 saturated carbocycles. The van der Waals surface area contributed by atoms with Crippen molar-refractivity contribution < 1.29 is 9.26 Å². The Balaban J connectivity index is 1.30. The summed E-state index contributed by atoms with van der Waals surface area (Å²) in [5.74, 6) is 2.30. The second-order valence-electron chi connectivity index (χ2n) is 5.63. The number of anilines is 1. The van der Waals surface area contributed by atoms with Crippen LogP contribution in [0, 0.1) is 0 Å². The van der Waals surface area contributed by atoms with E-state index in [4.69, 9.17) is 9.26 Å². The van der Waals surface area contributed by atoms with Crippen molar-refractivity contribution in [3.63, 3.8) is 0 Å². The van der Waals surface area contributed by atoms with E-state index in [1.165, 1.54) is 28.0 Å². The van der Waals surface area contributed by atoms with Gasteiger partial charge in [-0.3, -0.25) is 0 Å². The molecule has 0 saturated heterocycles. The van der Waals surface area contributed by atoms with Gasteiger partial charge in [0.15, 0.2) is 4.34 Å². The van der Waals surface area contributed by atoms with Gasteiger partial charge in [0.2, 0.25) is 16.8 Å². The average molecular weight is 432 g/mol. The van der Waals surface area contributed by atoms with Crippen LogP contribution in [-0.4, -0.2) is 34.0 Å². The zero-order valence-corrected chi connectivity index (χ0v) is 17.4. The Morgan fingerprint density at radius 1 is 1.18 bits per heavy atom. The molecule has 0 bridgehead atoms. The number of para-hydroxylation sites is 1. The summed E-state index contributed by atoms with van der Waals surface area (Å²) in [6.07, 6.45) is 0.980. The molecule has 0 unspecified atom stereocenters. The molecule has 0 aliphatic carbocycles. The molecule has 3 heterocycles. The van der Waals surface area contributed by atoms with E-state index in [1.807, 2.05) is 24.3 Å². The SMILES string of the molecule is COc1ccccc1-c1noc(CSc2nnc(NCCc3cccs3)s2)n1. The van der Waals surface area contributed by atoms with Gasteiger partial charge in [-0.05, 0) is 30.0 Å². The summed E-state index contributed by atoms with van der Waals surface area (Å²) in [4.78, 5) is 5.81. The quantitative estimate of drug-likeness (QED) is 0.385. The Kier molecular flexibility index (Phi) is 6.20. The number of aromatic nitrogens is 4. The molecule has 10 heteroatoms. The summed E-state index contributed by atoms with van der Waals surface area (Å²) in [7, 11) is 1.62. The molecule has 1 N–H and O–H groups in total. The highest BCUT2D eigenvalue weighted by molar-refractivity contribution is 8.00. The maximum Gasteiger partial charge on any atom is 0.237 e. The smallest absolute Gasteiger partial charge is 0.237 e. The van der Waals surface area contributed by atoms with E-state index in [-0.39, 0.29) is 0 Å². The third-order valence-electron chi connectivity index (χ3n) is 3.77. The van der Waals surface area contributed by atoms with E-state index in [1.54, 1.807) is 18.4 Å². The van der Waals surface area contributed by atoms with Gasteiger partial charge in [-0.25, -0.2) is 0 Å². The van der Waals surface area contributed by atoms with Crippen LogP contribution < -0.4 is 10.1 Å². The second kappa shape index (κ2) is 9.18. The van der Waals surface area contributed by atoms with Gasteiger partial charge in [-0.15, -0.1) is 21.5 Å². The first-order valence-corrected chi connectivity index (χ1v) is 11.2. The molecule has 0 aliphatic heterocycles. The summed E-state index contributed by atoms with van der Waals surface area (Å²) in [5, 5.41) is 18.7. The first-order valence-electron chi connectivity index (χ1n) is 8.50. The number of benzene rings is 1. The van der Waals surface area contributed by atoms with Crippen LogP contribution in [0.3, 0.4) is 0 Å². The zero-order chi connectivity index (χ0) is 19.2. The van der Waals surface area contributed by atoms with E-state index in [0.29, 0.717) is 23.2 Å². The summed E-state index contributed by atoms with van der Waals surface area (Å²) in [5.41, 5.74) is 0.804. The van der Waals surface area contributed by atoms with Crippen molar-refractivity contribution >= 4 is 39.6 Å². The van der Waals surface area contributed by atoms with Crippen molar-refractivity contribution in [2.75, 3.05) is 19.0 Å². The minimum Gasteiger partial charge on any atom is -0.496 e. The van der Waals surface area contributed by atoms with E-state index >= 15 is 0 Å². The number of hydrogen-bond donors (Lipinski definition) is 1. The molecular formula is C18H17N5O2S3. The fourth-order valence-corrected chi connectivity index (χ4v) is 4.79. The fourth-order valence-electron chi connectivity index (χ4n) is 2.46. The van der Waals surface area contributed by atoms with Crippen molar-refractivity contribution in [3.8, 4) is 17.1 Å². The van der Waals surface area contributed by atoms with Crippen molar-refractivity contribution in [1.29, 1.82) is 0 Å². The predicted molar refractivity (Wildman–Crippen MR) is 112 cm³/mol. The van der Waals surface area contributed by atoms with Gasteiger partial charge in [0, 0.05) is 11.4 Å². The fraction of sp³-hybridized carbons (Fsp3) is 0.222. The van der Waals surface area contributed by atoms with E-state index in [0.717, 1.165) is 28.0 Å². The molecule has 3 aromatic heterocycles. The third-order valence-corrected chi connectivity index (χ3v) is 6.70. The van der Waals surface area contributed by atoms with Crippen LogP contribution in [0.1, 0.15) is 10.8 Å². The predicted octanol–water partition coefficient (Wildman–Crippen LogP) is 4.61. The van der Waals surface area contributed by atoms with Crippen LogP contribution in [0.25, 0.3) is 11.4 Å². The minimum absolute atomic E-state index is 0.515. The molecule has 1 aromatic carbocycles. The highest BCUT2D eigenvalue weighted by atomic mass is 32.2. The Hall–Kier alpha value is -2.43. The number of thiophene rings is 1. The summed E-state index contributed by atoms with van der Waals surface area (Å²) in [6.45, 7) is 0.839. The van der Waals surface area contributed by atoms with Crippen LogP contribution in [0.4, 0.5) is 5.13 Å². The Labute approximate surface area is 174 Å². The normalized spacial score (nSPS) is 10.9. The molecule has 7 nitrogen and oxygen atoms in total. The van der Waals surface area contributed by atoms with Crippen LogP contribution in [-0.2, 0) is 12.2 Å². The minimum atomic E-state index is 0.515. The molecular weight excluding hydrogens is 414 g/mol. The highest BCUT2D eigenvalue weighted by Crippen LogP contribution is 2.30. The zero-order valence-electron chi connectivity index (χ0n) is 15.0. The lowest BCUT2D eigenvalue weighted by Gasteiger charge is -2.02. The number of methoxy groups -OCH3 is 1. The first-order chi connectivity index (χ1) is 13.8. The van der Waals surface area contributed by atoms with Gasteiger partial charge in [-0.1, -0.05) is 46.5 Å². The van der Waals surface area contributed by atoms with Crippen LogP contribution in [0.5, 0.6) is 5.75 Å². The largest absolute Gasteiger partial charge is 0.496 e. The lowest BCUT2D eigenvalue weighted by Crippen LogP contribution is -2.03. The molecule has 4 rings (SSSR count). The molecule has 144 valence electrons. The van der Waals surface area contributed by atoms with Crippen molar-refractivity contribution in [2.45, 2.75) is 16.5 Å².